The van der Waals surface area contributed by atoms with Crippen LogP contribution in [0.4, 0.5) is 5.13 Å². The number of pyridine rings is 1. The molecule has 0 saturated heterocycles. The van der Waals surface area contributed by atoms with Gasteiger partial charge in [0, 0.05) is 24.2 Å². The molecule has 0 saturated carbocycles. The van der Waals surface area contributed by atoms with Crippen LogP contribution in [0.5, 0.6) is 0 Å². The molecule has 2 heterocycles. The monoisotopic (exact) mass is 337 g/mol. The van der Waals surface area contributed by atoms with Crippen molar-refractivity contribution in [2.75, 3.05) is 18.9 Å². The SMILES string of the molecule is CC(C)Sc1nnc(NC(=O)CN(C)Cc2ccncc2)s1. The van der Waals surface area contributed by atoms with Crippen LogP contribution in [0.1, 0.15) is 19.4 Å². The predicted octanol–water partition coefficient (Wildman–Crippen LogP) is 2.50. The Kier molecular flexibility index (Phi) is 6.29. The topological polar surface area (TPSA) is 71.0 Å². The van der Waals surface area contributed by atoms with Crippen molar-refractivity contribution in [2.24, 2.45) is 0 Å². The van der Waals surface area contributed by atoms with Gasteiger partial charge in [-0.05, 0) is 24.7 Å². The van der Waals surface area contributed by atoms with Gasteiger partial charge in [-0.25, -0.2) is 0 Å². The molecule has 0 spiro atoms. The van der Waals surface area contributed by atoms with Gasteiger partial charge in [0.2, 0.25) is 11.0 Å². The average Bonchev–Trinajstić information content (AvgIpc) is 2.85. The summed E-state index contributed by atoms with van der Waals surface area (Å²) >= 11 is 3.04. The van der Waals surface area contributed by atoms with Crippen molar-refractivity contribution in [3.8, 4) is 0 Å². The second kappa shape index (κ2) is 8.21. The number of hydrogen-bond donors (Lipinski definition) is 1. The summed E-state index contributed by atoms with van der Waals surface area (Å²) in [7, 11) is 1.90. The van der Waals surface area contributed by atoms with E-state index in [1.54, 1.807) is 24.2 Å². The van der Waals surface area contributed by atoms with Gasteiger partial charge in [-0.15, -0.1) is 10.2 Å². The van der Waals surface area contributed by atoms with Gasteiger partial charge in [-0.1, -0.05) is 36.9 Å². The molecule has 0 aliphatic carbocycles. The summed E-state index contributed by atoms with van der Waals surface area (Å²) in [5.41, 5.74) is 1.12. The summed E-state index contributed by atoms with van der Waals surface area (Å²) in [6.07, 6.45) is 3.50. The molecule has 0 unspecified atom stereocenters. The van der Waals surface area contributed by atoms with E-state index in [9.17, 15) is 4.79 Å². The first-order chi connectivity index (χ1) is 10.5. The van der Waals surface area contributed by atoms with Crippen molar-refractivity contribution in [2.45, 2.75) is 30.0 Å². The van der Waals surface area contributed by atoms with Gasteiger partial charge in [0.15, 0.2) is 4.34 Å². The first-order valence-electron chi connectivity index (χ1n) is 6.90. The third kappa shape index (κ3) is 5.70. The molecule has 118 valence electrons. The fourth-order valence-corrected chi connectivity index (χ4v) is 3.76. The van der Waals surface area contributed by atoms with Gasteiger partial charge < -0.3 is 0 Å². The third-order valence-electron chi connectivity index (χ3n) is 2.60. The average molecular weight is 337 g/mol. The molecule has 2 aromatic rings. The van der Waals surface area contributed by atoms with Crippen molar-refractivity contribution >= 4 is 34.1 Å². The Morgan fingerprint density at radius 2 is 2.09 bits per heavy atom. The molecule has 0 aliphatic heterocycles. The highest BCUT2D eigenvalue weighted by atomic mass is 32.2. The van der Waals surface area contributed by atoms with Crippen LogP contribution in [0.2, 0.25) is 0 Å². The Hall–Kier alpha value is -1.51. The maximum Gasteiger partial charge on any atom is 0.240 e. The highest BCUT2D eigenvalue weighted by molar-refractivity contribution is 8.01. The van der Waals surface area contributed by atoms with Gasteiger partial charge in [0.05, 0.1) is 6.54 Å². The van der Waals surface area contributed by atoms with E-state index in [1.165, 1.54) is 11.3 Å². The molecule has 0 fully saturated rings. The van der Waals surface area contributed by atoms with E-state index in [2.05, 4.69) is 34.3 Å². The summed E-state index contributed by atoms with van der Waals surface area (Å²) in [6, 6.07) is 3.88. The van der Waals surface area contributed by atoms with E-state index in [-0.39, 0.29) is 5.91 Å². The maximum absolute atomic E-state index is 12.0. The molecule has 2 aromatic heterocycles. The summed E-state index contributed by atoms with van der Waals surface area (Å²) in [5.74, 6) is -0.0891. The summed E-state index contributed by atoms with van der Waals surface area (Å²) < 4.78 is 0.871. The van der Waals surface area contributed by atoms with E-state index in [1.807, 2.05) is 24.1 Å². The molecule has 6 nitrogen and oxygen atoms in total. The Labute approximate surface area is 138 Å². The first-order valence-corrected chi connectivity index (χ1v) is 8.60. The molecule has 0 aliphatic rings. The first kappa shape index (κ1) is 16.9. The smallest absolute Gasteiger partial charge is 0.240 e. The van der Waals surface area contributed by atoms with Crippen LogP contribution in [0.25, 0.3) is 0 Å². The molecule has 1 amide bonds. The number of likely N-dealkylation sites (N-methyl/N-ethyl adjacent to an activating group) is 1. The standard InChI is InChI=1S/C14H19N5OS2/c1-10(2)21-14-18-17-13(22-14)16-12(20)9-19(3)8-11-4-6-15-7-5-11/h4-7,10H,8-9H2,1-3H3,(H,16,17,20). The minimum atomic E-state index is -0.0891. The Morgan fingerprint density at radius 3 is 2.77 bits per heavy atom. The summed E-state index contributed by atoms with van der Waals surface area (Å²) in [5, 5.41) is 11.8. The van der Waals surface area contributed by atoms with Crippen LogP contribution in [0, 0.1) is 0 Å². The van der Waals surface area contributed by atoms with Crippen molar-refractivity contribution in [3.63, 3.8) is 0 Å². The second-order valence-corrected chi connectivity index (χ2v) is 7.92. The Balaban J connectivity index is 1.81. The van der Waals surface area contributed by atoms with Gasteiger partial charge in [0.1, 0.15) is 0 Å². The minimum Gasteiger partial charge on any atom is -0.299 e. The number of aromatic nitrogens is 3. The molecule has 0 radical (unpaired) electrons. The van der Waals surface area contributed by atoms with E-state index in [0.717, 1.165) is 9.90 Å². The number of nitrogens with one attached hydrogen (secondary N) is 1. The molecular formula is C14H19N5OS2. The number of carbonyl (C=O) groups excluding carboxylic acids is 1. The minimum absolute atomic E-state index is 0.0891. The molecule has 0 bridgehead atoms. The van der Waals surface area contributed by atoms with E-state index < -0.39 is 0 Å². The molecule has 1 N–H and O–H groups in total. The number of rotatable bonds is 7. The summed E-state index contributed by atoms with van der Waals surface area (Å²) in [6.45, 7) is 5.19. The zero-order valence-electron chi connectivity index (χ0n) is 12.8. The number of hydrogen-bond acceptors (Lipinski definition) is 7. The number of amides is 1. The molecule has 22 heavy (non-hydrogen) atoms. The Morgan fingerprint density at radius 1 is 1.36 bits per heavy atom. The molecule has 8 heteroatoms. The van der Waals surface area contributed by atoms with Crippen molar-refractivity contribution in [1.82, 2.24) is 20.1 Å². The zero-order valence-corrected chi connectivity index (χ0v) is 14.4. The van der Waals surface area contributed by atoms with Crippen LogP contribution < -0.4 is 5.32 Å². The van der Waals surface area contributed by atoms with E-state index in [0.29, 0.717) is 23.5 Å². The van der Waals surface area contributed by atoms with Gasteiger partial charge in [-0.3, -0.25) is 20.0 Å². The van der Waals surface area contributed by atoms with Gasteiger partial charge in [0.25, 0.3) is 0 Å². The quantitative estimate of drug-likeness (QED) is 0.618. The fourth-order valence-electron chi connectivity index (χ4n) is 1.77. The number of carbonyl (C=O) groups is 1. The lowest BCUT2D eigenvalue weighted by Gasteiger charge is -2.15. The van der Waals surface area contributed by atoms with E-state index >= 15 is 0 Å². The highest BCUT2D eigenvalue weighted by Crippen LogP contribution is 2.28. The lowest BCUT2D eigenvalue weighted by Crippen LogP contribution is -2.29. The molecular weight excluding hydrogens is 318 g/mol. The number of nitrogens with zero attached hydrogens (tertiary/aromatic N) is 4. The third-order valence-corrected chi connectivity index (χ3v) is 4.53. The van der Waals surface area contributed by atoms with Crippen molar-refractivity contribution in [1.29, 1.82) is 0 Å². The predicted molar refractivity (Wildman–Crippen MR) is 90.1 cm³/mol. The second-order valence-electron chi connectivity index (χ2n) is 5.12. The van der Waals surface area contributed by atoms with Gasteiger partial charge in [-0.2, -0.15) is 0 Å². The number of thioether (sulfide) groups is 1. The van der Waals surface area contributed by atoms with Crippen molar-refractivity contribution in [3.05, 3.63) is 30.1 Å². The zero-order chi connectivity index (χ0) is 15.9. The number of anilines is 1. The van der Waals surface area contributed by atoms with Gasteiger partial charge >= 0.3 is 0 Å². The maximum atomic E-state index is 12.0. The van der Waals surface area contributed by atoms with Crippen molar-refractivity contribution < 1.29 is 4.79 Å². The molecule has 0 atom stereocenters. The lowest BCUT2D eigenvalue weighted by molar-refractivity contribution is -0.117. The van der Waals surface area contributed by atoms with Crippen LogP contribution in [-0.2, 0) is 11.3 Å². The molecule has 0 aromatic carbocycles. The highest BCUT2D eigenvalue weighted by Gasteiger charge is 2.11. The van der Waals surface area contributed by atoms with Crippen LogP contribution in [-0.4, -0.2) is 44.8 Å². The normalized spacial score (nSPS) is 11.1. The van der Waals surface area contributed by atoms with Crippen LogP contribution in [0.15, 0.2) is 28.9 Å². The summed E-state index contributed by atoms with van der Waals surface area (Å²) in [4.78, 5) is 17.9. The lowest BCUT2D eigenvalue weighted by atomic mass is 10.2. The van der Waals surface area contributed by atoms with E-state index in [4.69, 9.17) is 0 Å². The van der Waals surface area contributed by atoms with Crippen LogP contribution in [0.3, 0.4) is 0 Å². The molecule has 2 rings (SSSR count). The Bertz CT molecular complexity index is 602. The largest absolute Gasteiger partial charge is 0.299 e. The van der Waals surface area contributed by atoms with Crippen LogP contribution >= 0.6 is 23.1 Å². The fraction of sp³-hybridized carbons (Fsp3) is 0.429.